The fourth-order valence-electron chi connectivity index (χ4n) is 2.61. The molecule has 0 bridgehead atoms. The minimum Gasteiger partial charge on any atom is -0.328 e. The molecule has 0 atom stereocenters. The molecule has 1 saturated carbocycles. The molecule has 0 saturated heterocycles. The van der Waals surface area contributed by atoms with Crippen LogP contribution >= 0.6 is 27.5 Å². The van der Waals surface area contributed by atoms with Crippen molar-refractivity contribution in [1.29, 1.82) is 0 Å². The van der Waals surface area contributed by atoms with Crippen LogP contribution in [0.25, 0.3) is 11.0 Å². The number of fused-ring (bicyclic) bond motifs is 1. The summed E-state index contributed by atoms with van der Waals surface area (Å²) in [7, 11) is 0. The summed E-state index contributed by atoms with van der Waals surface area (Å²) < 4.78 is 3.31. The molecular weight excluding hydrogens is 302 g/mol. The number of aromatic nitrogens is 3. The summed E-state index contributed by atoms with van der Waals surface area (Å²) in [4.78, 5) is 8.40. The van der Waals surface area contributed by atoms with Gasteiger partial charge in [0, 0.05) is 22.9 Å². The average Bonchev–Trinajstić information content (AvgIpc) is 2.67. The van der Waals surface area contributed by atoms with E-state index in [1.54, 1.807) is 6.20 Å². The molecule has 1 aliphatic rings. The minimum absolute atomic E-state index is 0.320. The lowest BCUT2D eigenvalue weighted by Crippen LogP contribution is -2.12. The van der Waals surface area contributed by atoms with Crippen molar-refractivity contribution in [1.82, 2.24) is 14.5 Å². The van der Waals surface area contributed by atoms with Gasteiger partial charge in [-0.1, -0.05) is 19.3 Å². The molecule has 3 rings (SSSR count). The van der Waals surface area contributed by atoms with Gasteiger partial charge in [-0.25, -0.2) is 4.98 Å². The van der Waals surface area contributed by atoms with Crippen LogP contribution < -0.4 is 0 Å². The van der Waals surface area contributed by atoms with Crippen LogP contribution in [-0.2, 0) is 0 Å². The van der Waals surface area contributed by atoms with Crippen LogP contribution in [0.3, 0.4) is 0 Å². The van der Waals surface area contributed by atoms with E-state index < -0.39 is 0 Å². The van der Waals surface area contributed by atoms with Crippen LogP contribution in [0.5, 0.6) is 0 Å². The Kier molecular flexibility index (Phi) is 3.09. The van der Waals surface area contributed by atoms with Gasteiger partial charge in [0.25, 0.3) is 0 Å². The van der Waals surface area contributed by atoms with Gasteiger partial charge in [-0.15, -0.1) is 0 Å². The Labute approximate surface area is 113 Å². The summed E-state index contributed by atoms with van der Waals surface area (Å²) in [5.41, 5.74) is 0.948. The minimum atomic E-state index is 0.320. The normalized spacial score (nSPS) is 17.8. The molecule has 0 radical (unpaired) electrons. The van der Waals surface area contributed by atoms with Gasteiger partial charge < -0.3 is 4.57 Å². The maximum atomic E-state index is 5.89. The van der Waals surface area contributed by atoms with Crippen LogP contribution in [0.1, 0.15) is 38.1 Å². The Morgan fingerprint density at radius 3 is 2.82 bits per heavy atom. The highest BCUT2D eigenvalue weighted by molar-refractivity contribution is 9.10. The van der Waals surface area contributed by atoms with E-state index in [2.05, 4.69) is 36.7 Å². The molecule has 0 aromatic carbocycles. The van der Waals surface area contributed by atoms with Crippen molar-refractivity contribution in [2.24, 2.45) is 0 Å². The van der Waals surface area contributed by atoms with Gasteiger partial charge in [0.15, 0.2) is 0 Å². The SMILES string of the molecule is Clc1ncc2c(Br)cn(C3CCCCC3)c2n1. The Bertz CT molecular complexity index is 546. The maximum Gasteiger partial charge on any atom is 0.224 e. The summed E-state index contributed by atoms with van der Waals surface area (Å²) in [5, 5.41) is 1.36. The molecule has 2 heterocycles. The third-order valence-electron chi connectivity index (χ3n) is 3.46. The second-order valence-corrected chi connectivity index (χ2v) is 5.74. The molecular formula is C12H13BrClN3. The van der Waals surface area contributed by atoms with Crippen molar-refractivity contribution in [3.63, 3.8) is 0 Å². The average molecular weight is 315 g/mol. The third kappa shape index (κ3) is 2.08. The standard InChI is InChI=1S/C12H13BrClN3/c13-10-7-17(8-4-2-1-3-5-8)11-9(10)6-15-12(14)16-11/h6-8H,1-5H2. The quantitative estimate of drug-likeness (QED) is 0.733. The number of nitrogens with zero attached hydrogens (tertiary/aromatic N) is 3. The monoisotopic (exact) mass is 313 g/mol. The number of halogens is 2. The van der Waals surface area contributed by atoms with Gasteiger partial charge >= 0.3 is 0 Å². The fourth-order valence-corrected chi connectivity index (χ4v) is 3.24. The Hall–Kier alpha value is -0.610. The van der Waals surface area contributed by atoms with E-state index in [0.29, 0.717) is 11.3 Å². The van der Waals surface area contributed by atoms with Gasteiger partial charge in [-0.2, -0.15) is 4.98 Å². The highest BCUT2D eigenvalue weighted by atomic mass is 79.9. The molecule has 1 fully saturated rings. The zero-order chi connectivity index (χ0) is 11.8. The van der Waals surface area contributed by atoms with Crippen LogP contribution in [0, 0.1) is 0 Å². The van der Waals surface area contributed by atoms with Crippen LogP contribution in [-0.4, -0.2) is 14.5 Å². The second-order valence-electron chi connectivity index (χ2n) is 4.55. The van der Waals surface area contributed by atoms with E-state index in [-0.39, 0.29) is 0 Å². The molecule has 5 heteroatoms. The molecule has 90 valence electrons. The molecule has 1 aliphatic carbocycles. The molecule has 0 N–H and O–H groups in total. The first-order valence-corrected chi connectivity index (χ1v) is 7.11. The number of hydrogen-bond acceptors (Lipinski definition) is 2. The Balaban J connectivity index is 2.11. The Morgan fingerprint density at radius 2 is 2.06 bits per heavy atom. The van der Waals surface area contributed by atoms with E-state index in [4.69, 9.17) is 11.6 Å². The number of hydrogen-bond donors (Lipinski definition) is 0. The summed E-state index contributed by atoms with van der Waals surface area (Å²) in [6.07, 6.45) is 10.3. The lowest BCUT2D eigenvalue weighted by Gasteiger charge is -2.23. The molecule has 17 heavy (non-hydrogen) atoms. The van der Waals surface area contributed by atoms with E-state index in [9.17, 15) is 0 Å². The van der Waals surface area contributed by atoms with Gasteiger partial charge in [0.05, 0.1) is 5.39 Å². The summed E-state index contributed by atoms with van der Waals surface area (Å²) in [6.45, 7) is 0. The molecule has 2 aromatic rings. The van der Waals surface area contributed by atoms with Gasteiger partial charge in [0.1, 0.15) is 5.65 Å². The summed E-state index contributed by atoms with van der Waals surface area (Å²) in [5.74, 6) is 0. The first-order valence-electron chi connectivity index (χ1n) is 5.94. The van der Waals surface area contributed by atoms with E-state index in [1.807, 2.05) is 0 Å². The van der Waals surface area contributed by atoms with Gasteiger partial charge in [0.2, 0.25) is 5.28 Å². The summed E-state index contributed by atoms with van der Waals surface area (Å²) in [6, 6.07) is 0.559. The lowest BCUT2D eigenvalue weighted by molar-refractivity contribution is 0.359. The highest BCUT2D eigenvalue weighted by Crippen LogP contribution is 2.34. The fraction of sp³-hybridized carbons (Fsp3) is 0.500. The van der Waals surface area contributed by atoms with Crippen molar-refractivity contribution >= 4 is 38.6 Å². The first kappa shape index (κ1) is 11.5. The van der Waals surface area contributed by atoms with Crippen molar-refractivity contribution in [2.45, 2.75) is 38.1 Å². The van der Waals surface area contributed by atoms with Crippen LogP contribution in [0.15, 0.2) is 16.9 Å². The molecule has 0 amide bonds. The zero-order valence-electron chi connectivity index (χ0n) is 9.37. The van der Waals surface area contributed by atoms with Crippen molar-refractivity contribution in [3.05, 3.63) is 22.1 Å². The van der Waals surface area contributed by atoms with Crippen molar-refractivity contribution in [3.8, 4) is 0 Å². The topological polar surface area (TPSA) is 30.7 Å². The molecule has 0 spiro atoms. The van der Waals surface area contributed by atoms with E-state index >= 15 is 0 Å². The molecule has 0 unspecified atom stereocenters. The van der Waals surface area contributed by atoms with Crippen LogP contribution in [0.4, 0.5) is 0 Å². The maximum absolute atomic E-state index is 5.89. The summed E-state index contributed by atoms with van der Waals surface area (Å²) >= 11 is 9.45. The predicted molar refractivity (Wildman–Crippen MR) is 72.4 cm³/mol. The Morgan fingerprint density at radius 1 is 1.29 bits per heavy atom. The van der Waals surface area contributed by atoms with E-state index in [0.717, 1.165) is 15.5 Å². The van der Waals surface area contributed by atoms with E-state index in [1.165, 1.54) is 32.1 Å². The largest absolute Gasteiger partial charge is 0.328 e. The third-order valence-corrected chi connectivity index (χ3v) is 4.28. The second kappa shape index (κ2) is 4.58. The molecule has 0 aliphatic heterocycles. The predicted octanol–water partition coefficient (Wildman–Crippen LogP) is 4.35. The first-order chi connectivity index (χ1) is 8.25. The lowest BCUT2D eigenvalue weighted by atomic mass is 9.95. The van der Waals surface area contributed by atoms with Gasteiger partial charge in [-0.05, 0) is 40.4 Å². The molecule has 3 nitrogen and oxygen atoms in total. The highest BCUT2D eigenvalue weighted by Gasteiger charge is 2.19. The zero-order valence-corrected chi connectivity index (χ0v) is 11.7. The van der Waals surface area contributed by atoms with Crippen molar-refractivity contribution < 1.29 is 0 Å². The van der Waals surface area contributed by atoms with Crippen molar-refractivity contribution in [2.75, 3.05) is 0 Å². The van der Waals surface area contributed by atoms with Crippen LogP contribution in [0.2, 0.25) is 5.28 Å². The van der Waals surface area contributed by atoms with Gasteiger partial charge in [-0.3, -0.25) is 0 Å². The number of rotatable bonds is 1. The smallest absolute Gasteiger partial charge is 0.224 e. The molecule has 2 aromatic heterocycles.